The zero-order chi connectivity index (χ0) is 24.2. The number of nitrogens with zero attached hydrogens (tertiary/aromatic N) is 5. The number of phosphoric acid groups is 3. The lowest BCUT2D eigenvalue weighted by Gasteiger charge is -2.20. The van der Waals surface area contributed by atoms with E-state index in [0.29, 0.717) is 0 Å². The molecular formula is C10H17N6O13P3. The summed E-state index contributed by atoms with van der Waals surface area (Å²) in [5, 5.41) is 3.16. The minimum atomic E-state index is -5.70. The fourth-order valence-corrected chi connectivity index (χ4v) is 5.50. The molecule has 0 saturated carbocycles. The molecule has 1 aliphatic heterocycles. The van der Waals surface area contributed by atoms with Crippen LogP contribution in [0.3, 0.4) is 0 Å². The molecule has 22 heteroatoms. The van der Waals surface area contributed by atoms with E-state index in [0.717, 1.165) is 4.57 Å². The van der Waals surface area contributed by atoms with Crippen LogP contribution in [0.2, 0.25) is 0 Å². The number of anilines is 1. The van der Waals surface area contributed by atoms with Gasteiger partial charge < -0.3 is 34.8 Å². The second kappa shape index (κ2) is 10.5. The van der Waals surface area contributed by atoms with Gasteiger partial charge in [0.05, 0.1) is 12.7 Å². The zero-order valence-electron chi connectivity index (χ0n) is 15.6. The molecule has 0 spiro atoms. The Balaban J connectivity index is 2.11. The Morgan fingerprint density at radius 1 is 1.28 bits per heavy atom. The van der Waals surface area contributed by atoms with Crippen molar-refractivity contribution in [2.45, 2.75) is 24.9 Å². The zero-order valence-corrected chi connectivity index (χ0v) is 18.3. The van der Waals surface area contributed by atoms with Crippen molar-refractivity contribution in [2.75, 3.05) is 19.1 Å². The van der Waals surface area contributed by atoms with E-state index in [-0.39, 0.29) is 12.2 Å². The van der Waals surface area contributed by atoms with Crippen LogP contribution in [0, 0.1) is 0 Å². The van der Waals surface area contributed by atoms with Crippen molar-refractivity contribution in [1.29, 1.82) is 0 Å². The Hall–Kier alpha value is -1.68. The predicted molar refractivity (Wildman–Crippen MR) is 100 cm³/mol. The van der Waals surface area contributed by atoms with Gasteiger partial charge in [-0.05, 0) is 11.6 Å². The Bertz CT molecular complexity index is 1070. The molecule has 1 aromatic rings. The predicted octanol–water partition coefficient (Wildman–Crippen LogP) is 0.109. The van der Waals surface area contributed by atoms with Gasteiger partial charge in [0.1, 0.15) is 24.9 Å². The third-order valence-corrected chi connectivity index (χ3v) is 7.37. The summed E-state index contributed by atoms with van der Waals surface area (Å²) in [6.45, 7) is -1.31. The fraction of sp³-hybridized carbons (Fsp3) is 0.600. The lowest BCUT2D eigenvalue weighted by atomic mass is 10.2. The minimum absolute atomic E-state index is 0.0448. The Labute approximate surface area is 177 Å². The van der Waals surface area contributed by atoms with E-state index in [2.05, 4.69) is 28.2 Å². The minimum Gasteiger partial charge on any atom is -0.383 e. The smallest absolute Gasteiger partial charge is 0.383 e. The highest BCUT2D eigenvalue weighted by atomic mass is 31.3. The van der Waals surface area contributed by atoms with Gasteiger partial charge >= 0.3 is 29.2 Å². The highest BCUT2D eigenvalue weighted by molar-refractivity contribution is 7.66. The van der Waals surface area contributed by atoms with E-state index in [9.17, 15) is 23.4 Å². The molecule has 2 rings (SSSR count). The fourth-order valence-electron chi connectivity index (χ4n) is 2.47. The van der Waals surface area contributed by atoms with Crippen LogP contribution in [-0.4, -0.2) is 54.7 Å². The van der Waals surface area contributed by atoms with E-state index in [4.69, 9.17) is 35.4 Å². The summed E-state index contributed by atoms with van der Waals surface area (Å²) in [7, 11) is -16.7. The van der Waals surface area contributed by atoms with Crippen molar-refractivity contribution in [3.8, 4) is 0 Å². The van der Waals surface area contributed by atoms with Crippen LogP contribution >= 0.6 is 23.5 Å². The Morgan fingerprint density at radius 3 is 2.56 bits per heavy atom. The quantitative estimate of drug-likeness (QED) is 0.111. The van der Waals surface area contributed by atoms with Crippen molar-refractivity contribution in [3.05, 3.63) is 33.2 Å². The van der Waals surface area contributed by atoms with Gasteiger partial charge in [0.2, 0.25) is 0 Å². The van der Waals surface area contributed by atoms with Crippen LogP contribution in [0.4, 0.5) is 5.82 Å². The number of nitrogens with two attached hydrogens (primary N) is 1. The topological polar surface area (TPSA) is 288 Å². The monoisotopic (exact) mass is 522 g/mol. The summed E-state index contributed by atoms with van der Waals surface area (Å²) in [6, 6.07) is 1.31. The molecule has 180 valence electrons. The van der Waals surface area contributed by atoms with Crippen LogP contribution in [0.25, 0.3) is 10.4 Å². The number of rotatable bonds is 11. The van der Waals surface area contributed by atoms with Crippen LogP contribution in [0.15, 0.2) is 22.2 Å². The number of ether oxygens (including phenoxy) is 2. The maximum absolute atomic E-state index is 12.0. The van der Waals surface area contributed by atoms with Crippen LogP contribution in [-0.2, 0) is 36.3 Å². The molecule has 1 aromatic heterocycles. The Morgan fingerprint density at radius 2 is 1.97 bits per heavy atom. The summed E-state index contributed by atoms with van der Waals surface area (Å²) in [5.74, 6) is -0.0513. The highest BCUT2D eigenvalue weighted by Gasteiger charge is 2.43. The normalized spacial score (nSPS) is 24.9. The maximum atomic E-state index is 12.0. The van der Waals surface area contributed by atoms with Crippen LogP contribution in [0.1, 0.15) is 12.6 Å². The number of aromatic nitrogens is 2. The molecular weight excluding hydrogens is 505 g/mol. The van der Waals surface area contributed by atoms with E-state index in [1.807, 2.05) is 0 Å². The summed E-state index contributed by atoms with van der Waals surface area (Å²) in [6.07, 6.45) is -1.96. The van der Waals surface area contributed by atoms with Gasteiger partial charge in [-0.15, -0.1) is 0 Å². The first-order valence-electron chi connectivity index (χ1n) is 8.12. The van der Waals surface area contributed by atoms with Crippen molar-refractivity contribution >= 4 is 29.3 Å². The van der Waals surface area contributed by atoms with Gasteiger partial charge in [0.15, 0.2) is 0 Å². The molecule has 0 radical (unpaired) electrons. The molecule has 2 heterocycles. The van der Waals surface area contributed by atoms with E-state index < -0.39 is 60.9 Å². The van der Waals surface area contributed by atoms with Crippen molar-refractivity contribution in [2.24, 2.45) is 5.11 Å². The molecule has 1 aliphatic rings. The molecule has 0 bridgehead atoms. The van der Waals surface area contributed by atoms with Crippen molar-refractivity contribution < 1.29 is 55.9 Å². The third-order valence-electron chi connectivity index (χ3n) is 3.57. The lowest BCUT2D eigenvalue weighted by Crippen LogP contribution is -2.29. The summed E-state index contributed by atoms with van der Waals surface area (Å²) < 4.78 is 57.5. The number of nitrogen functional groups attached to an aromatic ring is 1. The Kier molecular flexibility index (Phi) is 8.72. The molecule has 0 aromatic carbocycles. The number of phosphoric ester groups is 1. The van der Waals surface area contributed by atoms with E-state index in [1.165, 1.54) is 12.3 Å². The average molecular weight is 522 g/mol. The van der Waals surface area contributed by atoms with Crippen LogP contribution < -0.4 is 11.4 Å². The molecule has 32 heavy (non-hydrogen) atoms. The highest BCUT2D eigenvalue weighted by Crippen LogP contribution is 2.66. The van der Waals surface area contributed by atoms with Gasteiger partial charge in [-0.2, -0.15) is 13.6 Å². The molecule has 19 nitrogen and oxygen atoms in total. The van der Waals surface area contributed by atoms with Crippen LogP contribution in [0.5, 0.6) is 0 Å². The van der Waals surface area contributed by atoms with Gasteiger partial charge in [0, 0.05) is 17.5 Å². The molecule has 1 saturated heterocycles. The van der Waals surface area contributed by atoms with Gasteiger partial charge in [-0.1, -0.05) is 5.11 Å². The second-order valence-electron chi connectivity index (χ2n) is 5.86. The maximum Gasteiger partial charge on any atom is 0.490 e. The van der Waals surface area contributed by atoms with Gasteiger partial charge in [0.25, 0.3) is 0 Å². The molecule has 0 amide bonds. The molecule has 1 fully saturated rings. The molecule has 0 aliphatic carbocycles. The van der Waals surface area contributed by atoms with Gasteiger partial charge in [-0.3, -0.25) is 9.09 Å². The average Bonchev–Trinajstić information content (AvgIpc) is 3.00. The first-order valence-corrected chi connectivity index (χ1v) is 12.6. The lowest BCUT2D eigenvalue weighted by molar-refractivity contribution is -0.0600. The molecule has 5 atom stereocenters. The summed E-state index contributed by atoms with van der Waals surface area (Å²) in [4.78, 5) is 53.8. The molecule has 6 N–H and O–H groups in total. The second-order valence-corrected chi connectivity index (χ2v) is 10.3. The van der Waals surface area contributed by atoms with Gasteiger partial charge in [-0.25, -0.2) is 18.5 Å². The standard InChI is InChI=1S/C10H17N6O13P3/c11-8-1-2-16(10(17)14-8)9-3-6(25-5-13-15-12)7(27-9)4-26-31(21,22)29-32(23,24)28-30(18,19)20/h1-2,6-7,9H,3-5H2,(H,21,22)(H,23,24)(H2,11,14,17)(H2,18,19,20)/t6?,7-,9-/m1/s1. The van der Waals surface area contributed by atoms with Crippen molar-refractivity contribution in [3.63, 3.8) is 0 Å². The largest absolute Gasteiger partial charge is 0.490 e. The number of azide groups is 1. The van der Waals surface area contributed by atoms with E-state index >= 15 is 0 Å². The molecule has 3 unspecified atom stereocenters. The van der Waals surface area contributed by atoms with Crippen molar-refractivity contribution in [1.82, 2.24) is 9.55 Å². The first kappa shape index (κ1) is 26.6. The number of hydrogen-bond acceptors (Lipinski definition) is 12. The number of hydrogen-bond donors (Lipinski definition) is 5. The van der Waals surface area contributed by atoms with E-state index in [1.54, 1.807) is 0 Å². The summed E-state index contributed by atoms with van der Waals surface area (Å²) in [5.41, 5.74) is 13.0. The first-order chi connectivity index (χ1) is 14.7. The third kappa shape index (κ3) is 8.35. The SMILES string of the molecule is [N-]=[N+]=NCOC1C[C@H](n2ccc(N)nc2=O)O[C@@H]1COP(=O)(O)OP(=O)(O)OP(=O)(O)O. The summed E-state index contributed by atoms with van der Waals surface area (Å²) >= 11 is 0.